The average Bonchev–Trinajstić information content (AvgIpc) is 3.47. The average molecular weight is 658 g/mol. The van der Waals surface area contributed by atoms with Gasteiger partial charge in [-0.25, -0.2) is 4.98 Å². The van der Waals surface area contributed by atoms with Gasteiger partial charge in [0.25, 0.3) is 0 Å². The molecule has 2 heterocycles. The molecule has 11 unspecified atom stereocenters. The smallest absolute Gasteiger partial charge is 0.229 e. The maximum atomic E-state index is 10.3. The molecule has 0 amide bonds. The minimum atomic E-state index is -0.341. The Morgan fingerprint density at radius 3 is 1.98 bits per heavy atom. The van der Waals surface area contributed by atoms with Gasteiger partial charge in [-0.05, 0) is 68.6 Å². The van der Waals surface area contributed by atoms with Crippen LogP contribution in [-0.4, -0.2) is 63.0 Å². The first-order valence-electron chi connectivity index (χ1n) is 15.1. The van der Waals surface area contributed by atoms with Crippen LogP contribution in [0.15, 0.2) is 32.0 Å². The van der Waals surface area contributed by atoms with Gasteiger partial charge < -0.3 is 10.2 Å². The Kier molecular flexibility index (Phi) is 13.1. The summed E-state index contributed by atoms with van der Waals surface area (Å²) in [4.78, 5) is 4.11. The zero-order valence-corrected chi connectivity index (χ0v) is 26.3. The van der Waals surface area contributed by atoms with E-state index in [4.69, 9.17) is 23.2 Å². The predicted octanol–water partition coefficient (Wildman–Crippen LogP) is 6.86. The van der Waals surface area contributed by atoms with Gasteiger partial charge in [-0.2, -0.15) is 15.3 Å². The fourth-order valence-corrected chi connectivity index (χ4v) is 8.76. The molecule has 11 atom stereocenters. The molecule has 228 valence electrons. The second kappa shape index (κ2) is 16.0. The minimum Gasteiger partial charge on any atom is -0.391 e. The fourth-order valence-electron chi connectivity index (χ4n) is 7.57. The van der Waals surface area contributed by atoms with Gasteiger partial charge in [-0.3, -0.25) is 5.32 Å². The van der Waals surface area contributed by atoms with Gasteiger partial charge in [-0.15, -0.1) is 39.7 Å². The zero-order chi connectivity index (χ0) is 27.2. The third-order valence-electron chi connectivity index (χ3n) is 9.66. The van der Waals surface area contributed by atoms with Crippen molar-refractivity contribution in [3.63, 3.8) is 0 Å². The number of nitrogens with zero attached hydrogens (tertiary/aromatic N) is 5. The molecular formula is C28H44Cl2N6NiO2S. The number of alkyl halides is 2. The molecule has 0 aromatic carbocycles. The Hall–Kier alpha value is -0.216. The van der Waals surface area contributed by atoms with Crippen LogP contribution in [0, 0.1) is 23.7 Å². The molecule has 8 nitrogen and oxygen atoms in total. The molecule has 6 rings (SSSR count). The normalized spacial score (nSPS) is 41.9. The molecule has 1 aliphatic heterocycles. The maximum absolute atomic E-state index is 10.3. The van der Waals surface area contributed by atoms with Crippen LogP contribution in [0.4, 0.5) is 5.13 Å². The Morgan fingerprint density at radius 1 is 0.800 bits per heavy atom. The first-order chi connectivity index (χ1) is 19.0. The van der Waals surface area contributed by atoms with E-state index in [9.17, 15) is 10.2 Å². The van der Waals surface area contributed by atoms with Crippen molar-refractivity contribution >= 4 is 39.7 Å². The van der Waals surface area contributed by atoms with Crippen molar-refractivity contribution in [2.24, 2.45) is 44.1 Å². The van der Waals surface area contributed by atoms with Crippen LogP contribution in [0.5, 0.6) is 0 Å². The van der Waals surface area contributed by atoms with Crippen molar-refractivity contribution in [2.75, 3.05) is 6.54 Å². The summed E-state index contributed by atoms with van der Waals surface area (Å²) >= 11 is 13.9. The Bertz CT molecular complexity index is 946. The summed E-state index contributed by atoms with van der Waals surface area (Å²) in [6.07, 6.45) is 15.9. The maximum Gasteiger partial charge on any atom is 0.229 e. The Labute approximate surface area is 262 Å². The topological polar surface area (TPSA) is 115 Å². The second-order valence-corrected chi connectivity index (χ2v) is 14.2. The summed E-state index contributed by atoms with van der Waals surface area (Å²) < 4.78 is 0. The first-order valence-corrected chi connectivity index (χ1v) is 16.8. The summed E-state index contributed by atoms with van der Waals surface area (Å²) in [5.41, 5.74) is 0. The van der Waals surface area contributed by atoms with Crippen molar-refractivity contribution in [3.8, 4) is 0 Å². The number of piperidine rings is 1. The van der Waals surface area contributed by atoms with E-state index in [1.54, 1.807) is 6.20 Å². The Balaban J connectivity index is 0.000000182. The van der Waals surface area contributed by atoms with E-state index in [1.807, 2.05) is 5.38 Å². The van der Waals surface area contributed by atoms with Gasteiger partial charge in [-0.1, -0.05) is 38.5 Å². The Morgan fingerprint density at radius 2 is 1.40 bits per heavy atom. The van der Waals surface area contributed by atoms with Crippen LogP contribution in [0.2, 0.25) is 0 Å². The molecule has 1 aromatic heterocycles. The summed E-state index contributed by atoms with van der Waals surface area (Å²) in [6.45, 7) is 0.716. The first kappa shape index (κ1) is 32.7. The third-order valence-corrected chi connectivity index (χ3v) is 11.1. The zero-order valence-electron chi connectivity index (χ0n) is 23.0. The fraction of sp³-hybridized carbons (Fsp3) is 0.893. The number of thiazole rings is 1. The number of halogens is 2. The molecule has 12 heteroatoms. The predicted molar refractivity (Wildman–Crippen MR) is 156 cm³/mol. The molecule has 5 aliphatic rings. The van der Waals surface area contributed by atoms with Crippen LogP contribution < -0.4 is 5.32 Å². The summed E-state index contributed by atoms with van der Waals surface area (Å²) in [6, 6.07) is -0.0450. The van der Waals surface area contributed by atoms with E-state index in [0.29, 0.717) is 23.5 Å². The molecule has 1 saturated heterocycles. The van der Waals surface area contributed by atoms with E-state index in [1.165, 1.54) is 62.7 Å². The number of aliphatic hydroxyl groups excluding tert-OH is 2. The van der Waals surface area contributed by atoms with Crippen LogP contribution in [0.25, 0.3) is 0 Å². The largest absolute Gasteiger partial charge is 0.391 e. The molecule has 3 N–H and O–H groups in total. The molecule has 0 bridgehead atoms. The number of rotatable bonds is 4. The molecular weight excluding hydrogens is 614 g/mol. The second-order valence-electron chi connectivity index (χ2n) is 12.2. The quantitative estimate of drug-likeness (QED) is 0.186. The number of azo groups is 2. The molecule has 4 saturated carbocycles. The minimum absolute atomic E-state index is 0. The molecule has 1 aromatic rings. The van der Waals surface area contributed by atoms with E-state index in [-0.39, 0.29) is 57.7 Å². The van der Waals surface area contributed by atoms with E-state index < -0.39 is 0 Å². The monoisotopic (exact) mass is 656 g/mol. The number of hydrogen-bond donors (Lipinski definition) is 3. The van der Waals surface area contributed by atoms with E-state index in [0.717, 1.165) is 43.9 Å². The summed E-state index contributed by atoms with van der Waals surface area (Å²) in [7, 11) is 0. The van der Waals surface area contributed by atoms with Crippen molar-refractivity contribution in [1.29, 1.82) is 0 Å². The van der Waals surface area contributed by atoms with Gasteiger partial charge in [0, 0.05) is 40.0 Å². The van der Waals surface area contributed by atoms with Crippen molar-refractivity contribution in [3.05, 3.63) is 11.6 Å². The number of fused-ring (bicyclic) bond motifs is 2. The summed E-state index contributed by atoms with van der Waals surface area (Å²) in [5, 5.41) is 43.8. The SMILES string of the molecule is OC1CCC2CCCCC2C1N=NC1NCC(Cl)CC1Cl.OC1CCC2CCCCC2C1N=Nc1nccs1.[Ni]. The molecule has 0 radical (unpaired) electrons. The van der Waals surface area contributed by atoms with E-state index >= 15 is 0 Å². The molecule has 4 aliphatic carbocycles. The van der Waals surface area contributed by atoms with Crippen LogP contribution in [0.3, 0.4) is 0 Å². The van der Waals surface area contributed by atoms with Crippen LogP contribution in [0.1, 0.15) is 83.5 Å². The third kappa shape index (κ3) is 8.45. The van der Waals surface area contributed by atoms with Gasteiger partial charge >= 0.3 is 0 Å². The molecule has 5 fully saturated rings. The number of hydrogen-bond acceptors (Lipinski definition) is 9. The van der Waals surface area contributed by atoms with Crippen LogP contribution >= 0.6 is 34.5 Å². The summed E-state index contributed by atoms with van der Waals surface area (Å²) in [5.74, 6) is 2.52. The van der Waals surface area contributed by atoms with Gasteiger partial charge in [0.1, 0.15) is 12.2 Å². The van der Waals surface area contributed by atoms with Crippen molar-refractivity contribution < 1.29 is 26.7 Å². The van der Waals surface area contributed by atoms with E-state index in [2.05, 4.69) is 30.8 Å². The molecule has 0 spiro atoms. The van der Waals surface area contributed by atoms with Gasteiger partial charge in [0.15, 0.2) is 0 Å². The number of nitrogens with one attached hydrogen (secondary N) is 1. The van der Waals surface area contributed by atoms with Gasteiger partial charge in [0.2, 0.25) is 5.13 Å². The molecule has 40 heavy (non-hydrogen) atoms. The van der Waals surface area contributed by atoms with Crippen LogP contribution in [-0.2, 0) is 16.5 Å². The number of aromatic nitrogens is 1. The number of aliphatic hydroxyl groups is 2. The standard InChI is InChI=1S/C15H25Cl2N3O.C13H19N3OS.Ni/c16-10-7-12(17)15(18-8-10)20-19-14-11-4-2-1-3-9(11)5-6-13(14)21;17-11-6-5-9-3-1-2-4-10(9)12(11)15-16-13-14-7-8-18-13;/h9-15,18,21H,1-8H2;7-12,17H,1-6H2;. The van der Waals surface area contributed by atoms with Crippen molar-refractivity contribution in [2.45, 2.75) is 125 Å². The van der Waals surface area contributed by atoms with Crippen molar-refractivity contribution in [1.82, 2.24) is 10.3 Å². The van der Waals surface area contributed by atoms with Gasteiger partial charge in [0.05, 0.1) is 23.6 Å².